The summed E-state index contributed by atoms with van der Waals surface area (Å²) < 4.78 is 32.5. The maximum Gasteiger partial charge on any atom is 0.275 e. The highest BCUT2D eigenvalue weighted by molar-refractivity contribution is 7.89. The van der Waals surface area contributed by atoms with E-state index in [1.165, 1.54) is 16.6 Å². The first kappa shape index (κ1) is 22.7. The van der Waals surface area contributed by atoms with Crippen LogP contribution in [0.1, 0.15) is 35.7 Å². The van der Waals surface area contributed by atoms with Gasteiger partial charge >= 0.3 is 0 Å². The number of aromatic nitrogens is 1. The van der Waals surface area contributed by atoms with Crippen LogP contribution in [0, 0.1) is 12.8 Å². The fourth-order valence-corrected chi connectivity index (χ4v) is 4.86. The van der Waals surface area contributed by atoms with Crippen molar-refractivity contribution in [2.24, 2.45) is 5.92 Å². The maximum absolute atomic E-state index is 12.9. The highest BCUT2D eigenvalue weighted by Crippen LogP contribution is 2.24. The Morgan fingerprint density at radius 3 is 2.65 bits per heavy atom. The Bertz CT molecular complexity index is 1040. The SMILES string of the molecule is CCOc1ncccc1C(=O)NNC(=O)C1CCCN(S(=O)(=O)c2ccc(C)cc2)C1. The number of nitrogens with one attached hydrogen (secondary N) is 2. The first-order valence-electron chi connectivity index (χ1n) is 10.1. The van der Waals surface area contributed by atoms with Crippen molar-refractivity contribution in [2.45, 2.75) is 31.6 Å². The average Bonchev–Trinajstić information content (AvgIpc) is 2.78. The zero-order chi connectivity index (χ0) is 22.4. The Labute approximate surface area is 181 Å². The van der Waals surface area contributed by atoms with Gasteiger partial charge in [0.25, 0.3) is 5.91 Å². The van der Waals surface area contributed by atoms with Gasteiger partial charge in [0.1, 0.15) is 5.56 Å². The number of nitrogens with zero attached hydrogens (tertiary/aromatic N) is 2. The van der Waals surface area contributed by atoms with Gasteiger partial charge < -0.3 is 4.74 Å². The van der Waals surface area contributed by atoms with Gasteiger partial charge in [-0.1, -0.05) is 17.7 Å². The molecule has 2 aromatic rings. The molecule has 0 spiro atoms. The molecule has 0 radical (unpaired) electrons. The molecule has 3 rings (SSSR count). The highest BCUT2D eigenvalue weighted by Gasteiger charge is 2.33. The monoisotopic (exact) mass is 446 g/mol. The number of hydrogen-bond acceptors (Lipinski definition) is 6. The summed E-state index contributed by atoms with van der Waals surface area (Å²) in [5.41, 5.74) is 5.91. The Hall–Kier alpha value is -2.98. The number of hydrazine groups is 1. The van der Waals surface area contributed by atoms with E-state index in [9.17, 15) is 18.0 Å². The number of piperidine rings is 1. The third-order valence-electron chi connectivity index (χ3n) is 5.01. The number of benzene rings is 1. The minimum absolute atomic E-state index is 0.0506. The molecule has 1 aliphatic heterocycles. The molecular formula is C21H26N4O5S. The van der Waals surface area contributed by atoms with Crippen LogP contribution in [0.25, 0.3) is 0 Å². The summed E-state index contributed by atoms with van der Waals surface area (Å²) in [6, 6.07) is 9.75. The topological polar surface area (TPSA) is 118 Å². The van der Waals surface area contributed by atoms with Gasteiger partial charge in [-0.25, -0.2) is 13.4 Å². The highest BCUT2D eigenvalue weighted by atomic mass is 32.2. The first-order chi connectivity index (χ1) is 14.8. The van der Waals surface area contributed by atoms with Crippen LogP contribution in [-0.4, -0.2) is 49.2 Å². The molecule has 31 heavy (non-hydrogen) atoms. The minimum Gasteiger partial charge on any atom is -0.477 e. The largest absolute Gasteiger partial charge is 0.477 e. The molecule has 1 aliphatic rings. The lowest BCUT2D eigenvalue weighted by Gasteiger charge is -2.31. The minimum atomic E-state index is -3.69. The van der Waals surface area contributed by atoms with Crippen LogP contribution in [0.3, 0.4) is 0 Å². The van der Waals surface area contributed by atoms with Crippen LogP contribution < -0.4 is 15.6 Å². The zero-order valence-corrected chi connectivity index (χ0v) is 18.3. The van der Waals surface area contributed by atoms with E-state index in [-0.39, 0.29) is 22.9 Å². The van der Waals surface area contributed by atoms with Gasteiger partial charge in [0.2, 0.25) is 21.8 Å². The normalized spacial score (nSPS) is 17.0. The Balaban J connectivity index is 1.62. The van der Waals surface area contributed by atoms with Gasteiger partial charge in [0.05, 0.1) is 17.4 Å². The quantitative estimate of drug-likeness (QED) is 0.652. The van der Waals surface area contributed by atoms with Crippen LogP contribution in [0.5, 0.6) is 5.88 Å². The number of carbonyl (C=O) groups excluding carboxylic acids is 2. The number of ether oxygens (including phenoxy) is 1. The van der Waals surface area contributed by atoms with Crippen molar-refractivity contribution < 1.29 is 22.7 Å². The average molecular weight is 447 g/mol. The van der Waals surface area contributed by atoms with E-state index in [2.05, 4.69) is 15.8 Å². The van der Waals surface area contributed by atoms with Crippen molar-refractivity contribution in [2.75, 3.05) is 19.7 Å². The number of hydrogen-bond donors (Lipinski definition) is 2. The summed E-state index contributed by atoms with van der Waals surface area (Å²) in [5, 5.41) is 0. The zero-order valence-electron chi connectivity index (χ0n) is 17.5. The molecule has 0 aliphatic carbocycles. The lowest BCUT2D eigenvalue weighted by molar-refractivity contribution is -0.126. The summed E-state index contributed by atoms with van der Waals surface area (Å²) in [6.45, 7) is 4.40. The Morgan fingerprint density at radius 1 is 1.19 bits per heavy atom. The molecule has 2 N–H and O–H groups in total. The lowest BCUT2D eigenvalue weighted by atomic mass is 9.99. The molecular weight excluding hydrogens is 420 g/mol. The Kier molecular flexibility index (Phi) is 7.24. The third kappa shape index (κ3) is 5.39. The van der Waals surface area contributed by atoms with Crippen LogP contribution in [0.15, 0.2) is 47.5 Å². The van der Waals surface area contributed by atoms with Gasteiger partial charge in [-0.15, -0.1) is 0 Å². The summed E-state index contributed by atoms with van der Waals surface area (Å²) in [6.07, 6.45) is 2.58. The first-order valence-corrected chi connectivity index (χ1v) is 11.5. The van der Waals surface area contributed by atoms with E-state index in [1.54, 1.807) is 37.3 Å². The molecule has 0 saturated carbocycles. The smallest absolute Gasteiger partial charge is 0.275 e. The number of aryl methyl sites for hydroxylation is 1. The lowest BCUT2D eigenvalue weighted by Crippen LogP contribution is -2.50. The molecule has 10 heteroatoms. The van der Waals surface area contributed by atoms with Crippen LogP contribution in [-0.2, 0) is 14.8 Å². The molecule has 1 aromatic carbocycles. The van der Waals surface area contributed by atoms with E-state index in [0.29, 0.717) is 26.0 Å². The predicted octanol–water partition coefficient (Wildman–Crippen LogP) is 1.65. The second-order valence-electron chi connectivity index (χ2n) is 7.25. The van der Waals surface area contributed by atoms with E-state index < -0.39 is 27.8 Å². The van der Waals surface area contributed by atoms with Gasteiger partial charge in [0.15, 0.2) is 0 Å². The molecule has 2 amide bonds. The fraction of sp³-hybridized carbons (Fsp3) is 0.381. The van der Waals surface area contributed by atoms with E-state index in [4.69, 9.17) is 4.74 Å². The van der Waals surface area contributed by atoms with Crippen molar-refractivity contribution in [3.8, 4) is 5.88 Å². The van der Waals surface area contributed by atoms with Gasteiger partial charge in [0, 0.05) is 19.3 Å². The molecule has 1 saturated heterocycles. The molecule has 1 unspecified atom stereocenters. The van der Waals surface area contributed by atoms with E-state index in [0.717, 1.165) is 5.56 Å². The molecule has 9 nitrogen and oxygen atoms in total. The number of rotatable bonds is 6. The van der Waals surface area contributed by atoms with Gasteiger partial charge in [-0.3, -0.25) is 20.4 Å². The van der Waals surface area contributed by atoms with Crippen LogP contribution in [0.2, 0.25) is 0 Å². The van der Waals surface area contributed by atoms with Crippen molar-refractivity contribution in [3.05, 3.63) is 53.7 Å². The molecule has 1 atom stereocenters. The van der Waals surface area contributed by atoms with Gasteiger partial charge in [-0.2, -0.15) is 4.31 Å². The number of pyridine rings is 1. The van der Waals surface area contributed by atoms with Crippen molar-refractivity contribution in [1.29, 1.82) is 0 Å². The number of amides is 2. The second kappa shape index (κ2) is 9.88. The molecule has 1 fully saturated rings. The summed E-state index contributed by atoms with van der Waals surface area (Å²) in [5.74, 6) is -1.41. The summed E-state index contributed by atoms with van der Waals surface area (Å²) in [7, 11) is -3.69. The molecule has 166 valence electrons. The standard InChI is InChI=1S/C21H26N4O5S/c1-3-30-21-18(7-4-12-22-21)20(27)24-23-19(26)16-6-5-13-25(14-16)31(28,29)17-10-8-15(2)9-11-17/h4,7-12,16H,3,5-6,13-14H2,1-2H3,(H,23,26)(H,24,27). The second-order valence-corrected chi connectivity index (χ2v) is 9.19. The third-order valence-corrected chi connectivity index (χ3v) is 6.89. The number of carbonyl (C=O) groups is 2. The van der Waals surface area contributed by atoms with Crippen molar-refractivity contribution in [3.63, 3.8) is 0 Å². The Morgan fingerprint density at radius 2 is 1.94 bits per heavy atom. The molecule has 0 bridgehead atoms. The summed E-state index contributed by atoms with van der Waals surface area (Å²) >= 11 is 0. The van der Waals surface area contributed by atoms with Crippen molar-refractivity contribution in [1.82, 2.24) is 20.1 Å². The fourth-order valence-electron chi connectivity index (χ4n) is 3.34. The molecule has 2 heterocycles. The summed E-state index contributed by atoms with van der Waals surface area (Å²) in [4.78, 5) is 29.2. The molecule has 1 aromatic heterocycles. The van der Waals surface area contributed by atoms with Crippen LogP contribution in [0.4, 0.5) is 0 Å². The maximum atomic E-state index is 12.9. The predicted molar refractivity (Wildman–Crippen MR) is 114 cm³/mol. The van der Waals surface area contributed by atoms with E-state index >= 15 is 0 Å². The van der Waals surface area contributed by atoms with E-state index in [1.807, 2.05) is 6.92 Å². The number of sulfonamides is 1. The van der Waals surface area contributed by atoms with Gasteiger partial charge in [-0.05, 0) is 51.0 Å². The van der Waals surface area contributed by atoms with Crippen molar-refractivity contribution >= 4 is 21.8 Å². The van der Waals surface area contributed by atoms with Crippen LogP contribution >= 0.6 is 0 Å².